The highest BCUT2D eigenvalue weighted by Gasteiger charge is 2.27. The van der Waals surface area contributed by atoms with Gasteiger partial charge in [0, 0.05) is 0 Å². The number of hydrogen-bond acceptors (Lipinski definition) is 3. The second-order valence-electron chi connectivity index (χ2n) is 7.10. The number of amides is 1. The van der Waals surface area contributed by atoms with Crippen molar-refractivity contribution in [1.29, 1.82) is 0 Å². The molecule has 7 heteroatoms. The molecule has 0 aromatic heterocycles. The molecular formula is C23H23FN2O3S. The maximum atomic E-state index is 13.9. The summed E-state index contributed by atoms with van der Waals surface area (Å²) in [4.78, 5) is 12.7. The van der Waals surface area contributed by atoms with Gasteiger partial charge in [0.15, 0.2) is 0 Å². The van der Waals surface area contributed by atoms with Crippen LogP contribution in [0, 0.1) is 5.82 Å². The molecule has 0 aliphatic heterocycles. The zero-order valence-electron chi connectivity index (χ0n) is 16.7. The summed E-state index contributed by atoms with van der Waals surface area (Å²) in [6.07, 6.45) is 0. The fourth-order valence-electron chi connectivity index (χ4n) is 2.94. The van der Waals surface area contributed by atoms with Crippen molar-refractivity contribution in [3.05, 3.63) is 90.2 Å². The molecule has 156 valence electrons. The number of carbonyl (C=O) groups is 1. The summed E-state index contributed by atoms with van der Waals surface area (Å²) in [5.74, 6) is -0.959. The predicted octanol–water partition coefficient (Wildman–Crippen LogP) is 4.78. The first-order valence-electron chi connectivity index (χ1n) is 9.51. The molecule has 5 nitrogen and oxygen atoms in total. The van der Waals surface area contributed by atoms with E-state index in [0.717, 1.165) is 9.87 Å². The number of nitrogens with zero attached hydrogens (tertiary/aromatic N) is 1. The van der Waals surface area contributed by atoms with Gasteiger partial charge in [0.25, 0.3) is 10.0 Å². The summed E-state index contributed by atoms with van der Waals surface area (Å²) >= 11 is 0. The monoisotopic (exact) mass is 426 g/mol. The van der Waals surface area contributed by atoms with Crippen molar-refractivity contribution in [2.75, 3.05) is 16.2 Å². The zero-order chi connectivity index (χ0) is 21.7. The average Bonchev–Trinajstić information content (AvgIpc) is 2.74. The van der Waals surface area contributed by atoms with Crippen LogP contribution < -0.4 is 9.62 Å². The van der Waals surface area contributed by atoms with E-state index in [1.54, 1.807) is 36.4 Å². The molecule has 3 rings (SSSR count). The summed E-state index contributed by atoms with van der Waals surface area (Å²) in [6.45, 7) is 3.58. The van der Waals surface area contributed by atoms with Crippen LogP contribution in [0.3, 0.4) is 0 Å². The van der Waals surface area contributed by atoms with Crippen molar-refractivity contribution < 1.29 is 17.6 Å². The molecule has 3 aromatic rings. The van der Waals surface area contributed by atoms with Gasteiger partial charge in [-0.15, -0.1) is 0 Å². The van der Waals surface area contributed by atoms with Crippen molar-refractivity contribution in [1.82, 2.24) is 0 Å². The third-order valence-electron chi connectivity index (χ3n) is 4.61. The number of carbonyl (C=O) groups excluding carboxylic acids is 1. The first kappa shape index (κ1) is 21.5. The maximum Gasteiger partial charge on any atom is 0.264 e. The van der Waals surface area contributed by atoms with E-state index in [1.165, 1.54) is 30.3 Å². The van der Waals surface area contributed by atoms with E-state index in [9.17, 15) is 17.6 Å². The van der Waals surface area contributed by atoms with Gasteiger partial charge in [0.2, 0.25) is 5.91 Å². The molecule has 0 spiro atoms. The van der Waals surface area contributed by atoms with Crippen LogP contribution in [0.15, 0.2) is 83.8 Å². The number of nitrogens with one attached hydrogen (secondary N) is 1. The predicted molar refractivity (Wildman–Crippen MR) is 117 cm³/mol. The lowest BCUT2D eigenvalue weighted by Gasteiger charge is -2.24. The Morgan fingerprint density at radius 3 is 2.13 bits per heavy atom. The molecule has 0 aliphatic carbocycles. The Kier molecular flexibility index (Phi) is 6.52. The zero-order valence-corrected chi connectivity index (χ0v) is 17.6. The molecule has 1 amide bonds. The molecule has 0 heterocycles. The van der Waals surface area contributed by atoms with Gasteiger partial charge in [0.05, 0.1) is 16.3 Å². The van der Waals surface area contributed by atoms with Crippen LogP contribution in [0.4, 0.5) is 15.8 Å². The van der Waals surface area contributed by atoms with Crippen LogP contribution in [-0.4, -0.2) is 20.9 Å². The minimum absolute atomic E-state index is 0.00489. The number of halogens is 1. The molecule has 30 heavy (non-hydrogen) atoms. The number of para-hydroxylation sites is 1. The smallest absolute Gasteiger partial charge is 0.264 e. The third kappa shape index (κ3) is 4.86. The van der Waals surface area contributed by atoms with E-state index in [0.29, 0.717) is 5.69 Å². The Hall–Kier alpha value is -3.19. The lowest BCUT2D eigenvalue weighted by Crippen LogP contribution is -2.38. The van der Waals surface area contributed by atoms with Crippen LogP contribution in [0.1, 0.15) is 25.3 Å². The largest absolute Gasteiger partial charge is 0.322 e. The van der Waals surface area contributed by atoms with Crippen molar-refractivity contribution in [2.24, 2.45) is 0 Å². The second-order valence-corrected chi connectivity index (χ2v) is 8.96. The van der Waals surface area contributed by atoms with E-state index in [-0.39, 0.29) is 16.5 Å². The van der Waals surface area contributed by atoms with Gasteiger partial charge in [-0.25, -0.2) is 12.8 Å². The Balaban J connectivity index is 1.95. The molecule has 0 unspecified atom stereocenters. The normalized spacial score (nSPS) is 11.3. The fraction of sp³-hybridized carbons (Fsp3) is 0.174. The topological polar surface area (TPSA) is 66.5 Å². The van der Waals surface area contributed by atoms with E-state index in [4.69, 9.17) is 0 Å². The highest BCUT2D eigenvalue weighted by atomic mass is 32.2. The first-order chi connectivity index (χ1) is 14.3. The lowest BCUT2D eigenvalue weighted by atomic mass is 10.0. The molecule has 0 radical (unpaired) electrons. The van der Waals surface area contributed by atoms with E-state index in [2.05, 4.69) is 5.32 Å². The number of benzene rings is 3. The van der Waals surface area contributed by atoms with Crippen LogP contribution in [0.2, 0.25) is 0 Å². The molecule has 0 saturated carbocycles. The van der Waals surface area contributed by atoms with Crippen molar-refractivity contribution >= 4 is 27.3 Å². The molecule has 1 N–H and O–H groups in total. The summed E-state index contributed by atoms with van der Waals surface area (Å²) < 4.78 is 41.5. The molecule has 3 aromatic carbocycles. The van der Waals surface area contributed by atoms with Gasteiger partial charge in [-0.2, -0.15) is 0 Å². The molecule has 0 aliphatic rings. The summed E-state index contributed by atoms with van der Waals surface area (Å²) in [5.41, 5.74) is 1.40. The van der Waals surface area contributed by atoms with Gasteiger partial charge in [-0.1, -0.05) is 56.3 Å². The number of anilines is 2. The molecule has 0 atom stereocenters. The third-order valence-corrected chi connectivity index (χ3v) is 6.40. The SMILES string of the molecule is CC(C)c1ccc(N(CC(=O)Nc2ccccc2F)S(=O)(=O)c2ccccc2)cc1. The summed E-state index contributed by atoms with van der Waals surface area (Å²) in [5, 5.41) is 2.44. The van der Waals surface area contributed by atoms with Crippen molar-refractivity contribution in [2.45, 2.75) is 24.7 Å². The van der Waals surface area contributed by atoms with Crippen LogP contribution >= 0.6 is 0 Å². The van der Waals surface area contributed by atoms with Crippen molar-refractivity contribution in [3.8, 4) is 0 Å². The number of sulfonamides is 1. The Morgan fingerprint density at radius 1 is 0.933 bits per heavy atom. The average molecular weight is 427 g/mol. The molecule has 0 fully saturated rings. The van der Waals surface area contributed by atoms with Crippen LogP contribution in [0.25, 0.3) is 0 Å². The van der Waals surface area contributed by atoms with E-state index in [1.807, 2.05) is 26.0 Å². The quantitative estimate of drug-likeness (QED) is 0.591. The molecule has 0 saturated heterocycles. The van der Waals surface area contributed by atoms with Crippen LogP contribution in [0.5, 0.6) is 0 Å². The van der Waals surface area contributed by atoms with Crippen molar-refractivity contribution in [3.63, 3.8) is 0 Å². The molecule has 0 bridgehead atoms. The Labute approximate surface area is 176 Å². The number of hydrogen-bond donors (Lipinski definition) is 1. The summed E-state index contributed by atoms with van der Waals surface area (Å²) in [6, 6.07) is 20.6. The van der Waals surface area contributed by atoms with E-state index >= 15 is 0 Å². The Morgan fingerprint density at radius 2 is 1.53 bits per heavy atom. The lowest BCUT2D eigenvalue weighted by molar-refractivity contribution is -0.114. The summed E-state index contributed by atoms with van der Waals surface area (Å²) in [7, 11) is -4.01. The van der Waals surface area contributed by atoms with Crippen LogP contribution in [-0.2, 0) is 14.8 Å². The van der Waals surface area contributed by atoms with Gasteiger partial charge in [-0.3, -0.25) is 9.10 Å². The maximum absolute atomic E-state index is 13.9. The second kappa shape index (κ2) is 9.09. The Bertz CT molecular complexity index is 1110. The minimum atomic E-state index is -4.01. The minimum Gasteiger partial charge on any atom is -0.322 e. The standard InChI is InChI=1S/C23H23FN2O3S/c1-17(2)18-12-14-19(15-13-18)26(30(28,29)20-8-4-3-5-9-20)16-23(27)25-22-11-7-6-10-21(22)24/h3-15,17H,16H2,1-2H3,(H,25,27). The van der Waals surface area contributed by atoms with Gasteiger partial charge in [0.1, 0.15) is 12.4 Å². The van der Waals surface area contributed by atoms with Gasteiger partial charge in [-0.05, 0) is 47.9 Å². The van der Waals surface area contributed by atoms with Gasteiger partial charge >= 0.3 is 0 Å². The van der Waals surface area contributed by atoms with Gasteiger partial charge < -0.3 is 5.32 Å². The highest BCUT2D eigenvalue weighted by molar-refractivity contribution is 7.92. The number of rotatable bonds is 7. The van der Waals surface area contributed by atoms with E-state index < -0.39 is 28.3 Å². The fourth-order valence-corrected chi connectivity index (χ4v) is 4.38. The highest BCUT2D eigenvalue weighted by Crippen LogP contribution is 2.26. The first-order valence-corrected chi connectivity index (χ1v) is 10.9. The molecular weight excluding hydrogens is 403 g/mol.